The molecule has 3 aromatic heterocycles. The average Bonchev–Trinajstić information content (AvgIpc) is 3.41. The minimum absolute atomic E-state index is 0.0588. The lowest BCUT2D eigenvalue weighted by atomic mass is 10.1. The van der Waals surface area contributed by atoms with Crippen molar-refractivity contribution in [2.75, 3.05) is 29.2 Å². The molecule has 0 aliphatic heterocycles. The number of nitrogens with zero attached hydrogens (tertiary/aromatic N) is 4. The molecule has 10 nitrogen and oxygen atoms in total. The van der Waals surface area contributed by atoms with Gasteiger partial charge in [0.25, 0.3) is 0 Å². The standard InChI is InChI=1S/C34H30N6O4S/c1-45(42,43)20-19-44-28-14-8-13-27(23-28)37-34-35-17-16-29(38-34)33-32(39-30-15-5-6-18-40(30)33)25-11-7-12-26(22-25)36-31(41)21-24-9-3-2-4-10-24/h2-18,22-23H,19-21H2,1H3,(H,36,41)(H,35,37,38). The zero-order chi connectivity index (χ0) is 31.2. The van der Waals surface area contributed by atoms with E-state index in [1.807, 2.05) is 95.5 Å². The molecule has 226 valence electrons. The topological polar surface area (TPSA) is 128 Å². The zero-order valence-electron chi connectivity index (χ0n) is 24.4. The van der Waals surface area contributed by atoms with Crippen LogP contribution in [-0.4, -0.2) is 52.3 Å². The normalized spacial score (nSPS) is 11.3. The van der Waals surface area contributed by atoms with Crippen molar-refractivity contribution >= 4 is 38.7 Å². The van der Waals surface area contributed by atoms with E-state index in [-0.39, 0.29) is 24.7 Å². The molecule has 11 heteroatoms. The highest BCUT2D eigenvalue weighted by Crippen LogP contribution is 2.33. The van der Waals surface area contributed by atoms with Gasteiger partial charge in [-0.25, -0.2) is 23.4 Å². The molecule has 6 aromatic rings. The van der Waals surface area contributed by atoms with Gasteiger partial charge in [-0.15, -0.1) is 0 Å². The first-order valence-electron chi connectivity index (χ1n) is 14.2. The molecule has 6 rings (SSSR count). The quantitative estimate of drug-likeness (QED) is 0.186. The van der Waals surface area contributed by atoms with Gasteiger partial charge in [0.2, 0.25) is 11.9 Å². The second-order valence-corrected chi connectivity index (χ2v) is 12.7. The van der Waals surface area contributed by atoms with Crippen LogP contribution in [0.4, 0.5) is 17.3 Å². The first-order chi connectivity index (χ1) is 21.8. The van der Waals surface area contributed by atoms with Crippen molar-refractivity contribution in [2.24, 2.45) is 0 Å². The van der Waals surface area contributed by atoms with Crippen molar-refractivity contribution < 1.29 is 17.9 Å². The Morgan fingerprint density at radius 3 is 2.51 bits per heavy atom. The molecule has 1 amide bonds. The maximum atomic E-state index is 12.8. The second kappa shape index (κ2) is 13.0. The molecule has 3 heterocycles. The van der Waals surface area contributed by atoms with Crippen molar-refractivity contribution in [1.82, 2.24) is 19.4 Å². The number of nitrogens with one attached hydrogen (secondary N) is 2. The third-order valence-electron chi connectivity index (χ3n) is 6.87. The van der Waals surface area contributed by atoms with Crippen LogP contribution in [0.25, 0.3) is 28.3 Å². The molecule has 0 aliphatic rings. The molecular weight excluding hydrogens is 588 g/mol. The summed E-state index contributed by atoms with van der Waals surface area (Å²) in [6.45, 7) is 0.0588. The molecule has 45 heavy (non-hydrogen) atoms. The molecule has 0 saturated carbocycles. The van der Waals surface area contributed by atoms with E-state index in [4.69, 9.17) is 14.7 Å². The number of aromatic nitrogens is 4. The van der Waals surface area contributed by atoms with Crippen molar-refractivity contribution in [3.63, 3.8) is 0 Å². The highest BCUT2D eigenvalue weighted by Gasteiger charge is 2.18. The van der Waals surface area contributed by atoms with Gasteiger partial charge in [-0.2, -0.15) is 0 Å². The first kappa shape index (κ1) is 29.5. The molecule has 0 bridgehead atoms. The fourth-order valence-corrected chi connectivity index (χ4v) is 5.21. The van der Waals surface area contributed by atoms with Crippen LogP contribution in [0.2, 0.25) is 0 Å². The summed E-state index contributed by atoms with van der Waals surface area (Å²) >= 11 is 0. The molecule has 0 spiro atoms. The summed E-state index contributed by atoms with van der Waals surface area (Å²) in [5.74, 6) is 0.713. The van der Waals surface area contributed by atoms with E-state index in [0.29, 0.717) is 34.5 Å². The fraction of sp³-hybridized carbons (Fsp3) is 0.118. The number of fused-ring (bicyclic) bond motifs is 1. The maximum absolute atomic E-state index is 12.8. The second-order valence-electron chi connectivity index (χ2n) is 10.4. The Bertz CT molecular complexity index is 2080. The molecule has 2 N–H and O–H groups in total. The summed E-state index contributed by atoms with van der Waals surface area (Å²) in [4.78, 5) is 26.9. The summed E-state index contributed by atoms with van der Waals surface area (Å²) in [6.07, 6.45) is 5.05. The largest absolute Gasteiger partial charge is 0.492 e. The Balaban J connectivity index is 1.27. The number of carbonyl (C=O) groups is 1. The van der Waals surface area contributed by atoms with Gasteiger partial charge in [0.1, 0.15) is 18.0 Å². The highest BCUT2D eigenvalue weighted by atomic mass is 32.2. The number of benzene rings is 3. The molecule has 0 atom stereocenters. The van der Waals surface area contributed by atoms with Crippen molar-refractivity contribution in [2.45, 2.75) is 6.42 Å². The van der Waals surface area contributed by atoms with Crippen LogP contribution in [-0.2, 0) is 21.1 Å². The van der Waals surface area contributed by atoms with Gasteiger partial charge < -0.3 is 15.4 Å². The SMILES string of the molecule is CS(=O)(=O)CCOc1cccc(Nc2nccc(-c3c(-c4cccc(NC(=O)Cc5ccccc5)c4)nc4ccccn34)n2)c1. The Labute approximate surface area is 260 Å². The van der Waals surface area contributed by atoms with Crippen LogP contribution in [0, 0.1) is 0 Å². The number of hydrogen-bond acceptors (Lipinski definition) is 8. The lowest BCUT2D eigenvalue weighted by Gasteiger charge is -2.11. The number of pyridine rings is 1. The van der Waals surface area contributed by atoms with Gasteiger partial charge >= 0.3 is 0 Å². The Kier molecular flexibility index (Phi) is 8.52. The van der Waals surface area contributed by atoms with E-state index in [0.717, 1.165) is 22.5 Å². The summed E-state index contributed by atoms with van der Waals surface area (Å²) in [5.41, 5.74) is 5.95. The Hall–Kier alpha value is -5.55. The van der Waals surface area contributed by atoms with Crippen LogP contribution in [0.5, 0.6) is 5.75 Å². The van der Waals surface area contributed by atoms with Crippen LogP contribution < -0.4 is 15.4 Å². The van der Waals surface area contributed by atoms with Gasteiger partial charge in [0.15, 0.2) is 9.84 Å². The van der Waals surface area contributed by atoms with Crippen LogP contribution in [0.15, 0.2) is 116 Å². The molecule has 3 aromatic carbocycles. The predicted octanol–water partition coefficient (Wildman–Crippen LogP) is 5.81. The lowest BCUT2D eigenvalue weighted by molar-refractivity contribution is -0.115. The monoisotopic (exact) mass is 618 g/mol. The number of amides is 1. The molecule has 0 unspecified atom stereocenters. The van der Waals surface area contributed by atoms with Gasteiger partial charge in [-0.1, -0.05) is 54.6 Å². The Morgan fingerprint density at radius 2 is 1.67 bits per heavy atom. The van der Waals surface area contributed by atoms with Crippen molar-refractivity contribution in [3.8, 4) is 28.4 Å². The van der Waals surface area contributed by atoms with E-state index in [2.05, 4.69) is 15.6 Å². The molecule has 0 aliphatic carbocycles. The van der Waals surface area contributed by atoms with Crippen LogP contribution in [0.3, 0.4) is 0 Å². The summed E-state index contributed by atoms with van der Waals surface area (Å²) in [6, 6.07) is 32.0. The summed E-state index contributed by atoms with van der Waals surface area (Å²) in [7, 11) is -3.12. The molecule has 0 radical (unpaired) electrons. The van der Waals surface area contributed by atoms with Crippen LogP contribution in [0.1, 0.15) is 5.56 Å². The van der Waals surface area contributed by atoms with Gasteiger partial charge in [0, 0.05) is 41.7 Å². The van der Waals surface area contributed by atoms with E-state index in [1.54, 1.807) is 24.4 Å². The van der Waals surface area contributed by atoms with E-state index in [1.165, 1.54) is 6.26 Å². The number of sulfone groups is 1. The Morgan fingerprint density at radius 1 is 0.867 bits per heavy atom. The molecular formula is C34H30N6O4S. The number of rotatable bonds is 11. The third-order valence-corrected chi connectivity index (χ3v) is 7.78. The van der Waals surface area contributed by atoms with Crippen molar-refractivity contribution in [3.05, 3.63) is 121 Å². The maximum Gasteiger partial charge on any atom is 0.228 e. The number of imidazole rings is 1. The average molecular weight is 619 g/mol. The smallest absolute Gasteiger partial charge is 0.228 e. The molecule has 0 saturated heterocycles. The van der Waals surface area contributed by atoms with Crippen LogP contribution >= 0.6 is 0 Å². The fourth-order valence-electron chi connectivity index (χ4n) is 4.83. The summed E-state index contributed by atoms with van der Waals surface area (Å²) < 4.78 is 30.5. The van der Waals surface area contributed by atoms with E-state index in [9.17, 15) is 13.2 Å². The van der Waals surface area contributed by atoms with E-state index >= 15 is 0 Å². The number of hydrogen-bond donors (Lipinski definition) is 2. The lowest BCUT2D eigenvalue weighted by Crippen LogP contribution is -2.14. The third kappa shape index (κ3) is 7.51. The van der Waals surface area contributed by atoms with Gasteiger partial charge in [0.05, 0.1) is 29.3 Å². The predicted molar refractivity (Wildman–Crippen MR) is 175 cm³/mol. The number of ether oxygens (including phenoxy) is 1. The van der Waals surface area contributed by atoms with Crippen molar-refractivity contribution in [1.29, 1.82) is 0 Å². The number of carbonyl (C=O) groups excluding carboxylic acids is 1. The van der Waals surface area contributed by atoms with E-state index < -0.39 is 9.84 Å². The summed E-state index contributed by atoms with van der Waals surface area (Å²) in [5, 5.41) is 6.22. The number of anilines is 3. The molecule has 0 fully saturated rings. The highest BCUT2D eigenvalue weighted by molar-refractivity contribution is 7.90. The minimum atomic E-state index is -3.12. The first-order valence-corrected chi connectivity index (χ1v) is 16.3. The zero-order valence-corrected chi connectivity index (χ0v) is 25.2. The minimum Gasteiger partial charge on any atom is -0.492 e. The van der Waals surface area contributed by atoms with Gasteiger partial charge in [-0.05, 0) is 48.0 Å². The van der Waals surface area contributed by atoms with Gasteiger partial charge in [-0.3, -0.25) is 9.20 Å².